The van der Waals surface area contributed by atoms with Crippen molar-refractivity contribution < 1.29 is 14.3 Å². The molecule has 0 bridgehead atoms. The van der Waals surface area contributed by atoms with Gasteiger partial charge in [-0.1, -0.05) is 72.1 Å². The summed E-state index contributed by atoms with van der Waals surface area (Å²) >= 11 is 8.43. The molecule has 0 radical (unpaired) electrons. The number of hydrogen-bond acceptors (Lipinski definition) is 6. The fraction of sp³-hybridized carbons (Fsp3) is 0.148. The van der Waals surface area contributed by atoms with Gasteiger partial charge in [0.25, 0.3) is 5.91 Å². The molecule has 2 amide bonds. The summed E-state index contributed by atoms with van der Waals surface area (Å²) in [5.41, 5.74) is 2.67. The molecule has 0 aromatic heterocycles. The van der Waals surface area contributed by atoms with E-state index in [0.29, 0.717) is 28.6 Å². The minimum Gasteiger partial charge on any atom is -0.497 e. The van der Waals surface area contributed by atoms with Crippen molar-refractivity contribution in [2.75, 3.05) is 18.6 Å². The molecule has 5 nitrogen and oxygen atoms in total. The number of anilines is 2. The van der Waals surface area contributed by atoms with Crippen LogP contribution in [-0.2, 0) is 9.59 Å². The van der Waals surface area contributed by atoms with Gasteiger partial charge in [0.2, 0.25) is 5.91 Å². The third-order valence-corrected chi connectivity index (χ3v) is 8.23. The van der Waals surface area contributed by atoms with E-state index in [1.807, 2.05) is 78.9 Å². The third kappa shape index (κ3) is 4.87. The van der Waals surface area contributed by atoms with E-state index >= 15 is 0 Å². The summed E-state index contributed by atoms with van der Waals surface area (Å²) in [7, 11) is 1.61. The first-order valence-corrected chi connectivity index (χ1v) is 13.2. The summed E-state index contributed by atoms with van der Waals surface area (Å²) in [5, 5.41) is 0. The first-order chi connectivity index (χ1) is 17.0. The van der Waals surface area contributed by atoms with E-state index in [0.717, 1.165) is 32.5 Å². The van der Waals surface area contributed by atoms with Crippen LogP contribution in [-0.4, -0.2) is 34.7 Å². The maximum Gasteiger partial charge on any atom is 0.266 e. The maximum atomic E-state index is 13.4. The Labute approximate surface area is 218 Å². The molecule has 3 aromatic carbocycles. The molecule has 0 spiro atoms. The van der Waals surface area contributed by atoms with Crippen LogP contribution < -0.4 is 9.64 Å². The first-order valence-electron chi connectivity index (χ1n) is 11.1. The third-order valence-electron chi connectivity index (χ3n) is 5.72. The van der Waals surface area contributed by atoms with Crippen molar-refractivity contribution >= 4 is 69.3 Å². The molecular weight excluding hydrogens is 497 g/mol. The van der Waals surface area contributed by atoms with Crippen molar-refractivity contribution in [3.63, 3.8) is 0 Å². The van der Waals surface area contributed by atoms with E-state index in [4.69, 9.17) is 17.0 Å². The average Bonchev–Trinajstić information content (AvgIpc) is 3.14. The van der Waals surface area contributed by atoms with E-state index in [1.165, 1.54) is 11.8 Å². The molecule has 2 aliphatic rings. The smallest absolute Gasteiger partial charge is 0.266 e. The average molecular weight is 519 g/mol. The number of para-hydroxylation sites is 2. The zero-order valence-corrected chi connectivity index (χ0v) is 21.4. The monoisotopic (exact) mass is 518 g/mol. The second-order valence-corrected chi connectivity index (χ2v) is 10.7. The van der Waals surface area contributed by atoms with Gasteiger partial charge in [0.05, 0.1) is 23.4 Å². The SMILES string of the molecule is COc1cccc(C=C2SC(=S)N(CCCC(=O)N3c4ccccc4Sc4ccccc43)C2=O)c1. The molecule has 0 aliphatic carbocycles. The Morgan fingerprint density at radius 2 is 1.66 bits per heavy atom. The van der Waals surface area contributed by atoms with Gasteiger partial charge < -0.3 is 4.74 Å². The second-order valence-electron chi connectivity index (χ2n) is 7.98. The molecule has 0 saturated carbocycles. The highest BCUT2D eigenvalue weighted by molar-refractivity contribution is 8.26. The predicted molar refractivity (Wildman–Crippen MR) is 146 cm³/mol. The zero-order chi connectivity index (χ0) is 24.4. The first kappa shape index (κ1) is 23.7. The number of thiocarbonyl (C=S) groups is 1. The van der Waals surface area contributed by atoms with Crippen LogP contribution in [0.15, 0.2) is 87.5 Å². The van der Waals surface area contributed by atoms with Crippen LogP contribution in [0.3, 0.4) is 0 Å². The predicted octanol–water partition coefficient (Wildman–Crippen LogP) is 6.51. The highest BCUT2D eigenvalue weighted by Gasteiger charge is 2.32. The molecule has 2 aliphatic heterocycles. The molecule has 8 heteroatoms. The number of thioether (sulfide) groups is 1. The van der Waals surface area contributed by atoms with E-state index in [-0.39, 0.29) is 11.8 Å². The molecule has 176 valence electrons. The topological polar surface area (TPSA) is 49.9 Å². The number of hydrogen-bond donors (Lipinski definition) is 0. The Bertz CT molecular complexity index is 1310. The molecule has 0 unspecified atom stereocenters. The summed E-state index contributed by atoms with van der Waals surface area (Å²) < 4.78 is 5.78. The standard InChI is InChI=1S/C27H22N2O3S3/c1-32-19-9-6-8-18(16-19)17-24-26(31)28(27(33)35-24)15-7-14-25(30)29-20-10-2-4-12-22(20)34-23-13-5-3-11-21(23)29/h2-6,8-13,16-17H,7,14-15H2,1H3. The van der Waals surface area contributed by atoms with Crippen LogP contribution in [0.2, 0.25) is 0 Å². The molecule has 1 fully saturated rings. The Kier molecular flexibility index (Phi) is 6.95. The van der Waals surface area contributed by atoms with E-state index in [1.54, 1.807) is 28.7 Å². The van der Waals surface area contributed by atoms with Gasteiger partial charge in [0.15, 0.2) is 0 Å². The van der Waals surface area contributed by atoms with Crippen LogP contribution in [0.1, 0.15) is 18.4 Å². The molecule has 0 atom stereocenters. The fourth-order valence-corrected chi connectivity index (χ4v) is 6.42. The Balaban J connectivity index is 1.27. The van der Waals surface area contributed by atoms with Crippen LogP contribution in [0.25, 0.3) is 6.08 Å². The van der Waals surface area contributed by atoms with E-state index in [9.17, 15) is 9.59 Å². The molecule has 1 saturated heterocycles. The Hall–Kier alpha value is -3.07. The number of carbonyl (C=O) groups excluding carboxylic acids is 2. The number of amides is 2. The number of rotatable bonds is 6. The van der Waals surface area contributed by atoms with Crippen molar-refractivity contribution in [3.05, 3.63) is 83.3 Å². The van der Waals surface area contributed by atoms with Gasteiger partial charge in [0, 0.05) is 22.8 Å². The normalized spacial score (nSPS) is 15.9. The highest BCUT2D eigenvalue weighted by atomic mass is 32.2. The van der Waals surface area contributed by atoms with Crippen molar-refractivity contribution in [1.29, 1.82) is 0 Å². The van der Waals surface area contributed by atoms with E-state index < -0.39 is 0 Å². The summed E-state index contributed by atoms with van der Waals surface area (Å²) in [5.74, 6) is 0.606. The minimum atomic E-state index is -0.125. The van der Waals surface area contributed by atoms with Crippen molar-refractivity contribution in [2.24, 2.45) is 0 Å². The largest absolute Gasteiger partial charge is 0.497 e. The minimum absolute atomic E-state index is 0.00237. The Morgan fingerprint density at radius 1 is 0.971 bits per heavy atom. The molecule has 3 aromatic rings. The van der Waals surface area contributed by atoms with Gasteiger partial charge in [-0.2, -0.15) is 0 Å². The molecule has 5 rings (SSSR count). The van der Waals surface area contributed by atoms with Crippen LogP contribution in [0.5, 0.6) is 5.75 Å². The van der Waals surface area contributed by atoms with Gasteiger partial charge >= 0.3 is 0 Å². The van der Waals surface area contributed by atoms with Gasteiger partial charge in [-0.15, -0.1) is 0 Å². The lowest BCUT2D eigenvalue weighted by molar-refractivity contribution is -0.123. The van der Waals surface area contributed by atoms with Crippen molar-refractivity contribution in [1.82, 2.24) is 4.90 Å². The summed E-state index contributed by atoms with van der Waals surface area (Å²) in [4.78, 5) is 32.5. The number of benzene rings is 3. The van der Waals surface area contributed by atoms with Gasteiger partial charge in [-0.3, -0.25) is 19.4 Å². The summed E-state index contributed by atoms with van der Waals surface area (Å²) in [6, 6.07) is 23.4. The van der Waals surface area contributed by atoms with Crippen molar-refractivity contribution in [3.8, 4) is 5.75 Å². The lowest BCUT2D eigenvalue weighted by Gasteiger charge is -2.31. The number of nitrogens with zero attached hydrogens (tertiary/aromatic N) is 2. The van der Waals surface area contributed by atoms with Crippen LogP contribution in [0, 0.1) is 0 Å². The number of methoxy groups -OCH3 is 1. The lowest BCUT2D eigenvalue weighted by atomic mass is 10.1. The molecular formula is C27H22N2O3S3. The summed E-state index contributed by atoms with van der Waals surface area (Å²) in [6.45, 7) is 0.401. The molecule has 2 heterocycles. The summed E-state index contributed by atoms with van der Waals surface area (Å²) in [6.07, 6.45) is 2.65. The number of ether oxygens (including phenoxy) is 1. The second kappa shape index (κ2) is 10.3. The lowest BCUT2D eigenvalue weighted by Crippen LogP contribution is -2.32. The van der Waals surface area contributed by atoms with Gasteiger partial charge in [-0.25, -0.2) is 0 Å². The fourth-order valence-electron chi connectivity index (χ4n) is 4.05. The van der Waals surface area contributed by atoms with E-state index in [2.05, 4.69) is 0 Å². The Morgan fingerprint density at radius 3 is 2.34 bits per heavy atom. The van der Waals surface area contributed by atoms with Gasteiger partial charge in [-0.05, 0) is 54.5 Å². The van der Waals surface area contributed by atoms with Crippen LogP contribution in [0.4, 0.5) is 11.4 Å². The quantitative estimate of drug-likeness (QED) is 0.274. The highest BCUT2D eigenvalue weighted by Crippen LogP contribution is 2.48. The number of carbonyl (C=O) groups is 2. The molecule has 0 N–H and O–H groups in total. The zero-order valence-electron chi connectivity index (χ0n) is 19.0. The molecule has 35 heavy (non-hydrogen) atoms. The number of fused-ring (bicyclic) bond motifs is 2. The maximum absolute atomic E-state index is 13.4. The van der Waals surface area contributed by atoms with Crippen LogP contribution >= 0.6 is 35.7 Å². The van der Waals surface area contributed by atoms with Gasteiger partial charge in [0.1, 0.15) is 10.1 Å². The van der Waals surface area contributed by atoms with Crippen molar-refractivity contribution in [2.45, 2.75) is 22.6 Å².